The maximum absolute atomic E-state index is 5.57. The Hall–Kier alpha value is -6.10. The fraction of sp³-hybridized carbons (Fsp3) is 0.0222. The van der Waals surface area contributed by atoms with E-state index in [0.717, 1.165) is 44.7 Å². The molecule has 0 aliphatic heterocycles. The van der Waals surface area contributed by atoms with Crippen LogP contribution in [0.1, 0.15) is 11.3 Å². The molecular formula is C45H29N3S. The van der Waals surface area contributed by atoms with E-state index in [4.69, 9.17) is 9.97 Å². The monoisotopic (exact) mass is 643 g/mol. The molecule has 0 aliphatic carbocycles. The van der Waals surface area contributed by atoms with Gasteiger partial charge in [0.25, 0.3) is 0 Å². The van der Waals surface area contributed by atoms with E-state index in [0.29, 0.717) is 5.95 Å². The topological polar surface area (TPSA) is 30.7 Å². The van der Waals surface area contributed by atoms with Gasteiger partial charge in [-0.3, -0.25) is 4.57 Å². The molecule has 7 aromatic carbocycles. The molecule has 0 bridgehead atoms. The third-order valence-corrected chi connectivity index (χ3v) is 11.1. The van der Waals surface area contributed by atoms with Crippen LogP contribution in [0.4, 0.5) is 0 Å². The lowest BCUT2D eigenvalue weighted by Crippen LogP contribution is -2.07. The molecule has 0 radical (unpaired) electrons. The second kappa shape index (κ2) is 10.7. The lowest BCUT2D eigenvalue weighted by molar-refractivity contribution is 0.972. The van der Waals surface area contributed by atoms with Crippen LogP contribution in [0.15, 0.2) is 146 Å². The average Bonchev–Trinajstić information content (AvgIpc) is 3.71. The third-order valence-electron chi connectivity index (χ3n) is 9.90. The van der Waals surface area contributed by atoms with Crippen molar-refractivity contribution in [3.8, 4) is 28.3 Å². The molecule has 3 nitrogen and oxygen atoms in total. The number of aryl methyl sites for hydroxylation is 1. The van der Waals surface area contributed by atoms with E-state index in [1.165, 1.54) is 52.5 Å². The lowest BCUT2D eigenvalue weighted by atomic mass is 9.93. The largest absolute Gasteiger partial charge is 0.276 e. The van der Waals surface area contributed by atoms with Crippen molar-refractivity contribution in [2.75, 3.05) is 0 Å². The molecule has 0 unspecified atom stereocenters. The zero-order valence-electron chi connectivity index (χ0n) is 26.8. The van der Waals surface area contributed by atoms with Crippen molar-refractivity contribution < 1.29 is 0 Å². The molecule has 0 aliphatic rings. The molecule has 49 heavy (non-hydrogen) atoms. The van der Waals surface area contributed by atoms with E-state index in [2.05, 4.69) is 158 Å². The number of hydrogen-bond donors (Lipinski definition) is 0. The number of benzene rings is 7. The van der Waals surface area contributed by atoms with E-state index in [9.17, 15) is 0 Å². The predicted molar refractivity (Wildman–Crippen MR) is 210 cm³/mol. The van der Waals surface area contributed by atoms with Crippen LogP contribution in [0.3, 0.4) is 0 Å². The highest BCUT2D eigenvalue weighted by molar-refractivity contribution is 7.27. The first kappa shape index (κ1) is 28.0. The molecule has 10 rings (SSSR count). The standard InChI is InChI=1S/C45H29N3S/c1-3-28-14-6-7-17-32(28)39-27(2)46-45(47-42(39)31-25-24-29-15-4-5-16-30(29)26-31)48-37-22-12-10-20-35(37)40-33-18-8-9-19-34(33)41-36-21-11-13-23-38(36)49-44(41)43(40)48/h3-26H,1H2,2H3. The first-order valence-corrected chi connectivity index (χ1v) is 17.4. The molecule has 0 atom stereocenters. The van der Waals surface area contributed by atoms with Gasteiger partial charge in [-0.05, 0) is 57.8 Å². The van der Waals surface area contributed by atoms with Crippen LogP contribution in [0.5, 0.6) is 0 Å². The van der Waals surface area contributed by atoms with E-state index in [1.807, 2.05) is 17.4 Å². The molecule has 0 saturated carbocycles. The second-order valence-electron chi connectivity index (χ2n) is 12.6. The van der Waals surface area contributed by atoms with Crippen LogP contribution < -0.4 is 0 Å². The Morgan fingerprint density at radius 3 is 2.14 bits per heavy atom. The number of fused-ring (bicyclic) bond motifs is 11. The van der Waals surface area contributed by atoms with Crippen molar-refractivity contribution in [3.63, 3.8) is 0 Å². The minimum atomic E-state index is 0.667. The molecule has 0 N–H and O–H groups in total. The normalized spacial score (nSPS) is 11.9. The molecule has 0 saturated heterocycles. The summed E-state index contributed by atoms with van der Waals surface area (Å²) in [5.41, 5.74) is 8.27. The van der Waals surface area contributed by atoms with E-state index in [1.54, 1.807) is 0 Å². The zero-order chi connectivity index (χ0) is 32.6. The Labute approximate surface area is 287 Å². The average molecular weight is 644 g/mol. The van der Waals surface area contributed by atoms with Gasteiger partial charge in [0.15, 0.2) is 0 Å². The van der Waals surface area contributed by atoms with Crippen molar-refractivity contribution in [2.45, 2.75) is 6.92 Å². The van der Waals surface area contributed by atoms with Crippen molar-refractivity contribution >= 4 is 80.9 Å². The molecular weight excluding hydrogens is 615 g/mol. The summed E-state index contributed by atoms with van der Waals surface area (Å²) in [6.45, 7) is 6.26. The lowest BCUT2D eigenvalue weighted by Gasteiger charge is -2.17. The van der Waals surface area contributed by atoms with Gasteiger partial charge < -0.3 is 0 Å². The van der Waals surface area contributed by atoms with Crippen LogP contribution in [0.2, 0.25) is 0 Å². The van der Waals surface area contributed by atoms with Gasteiger partial charge in [0.2, 0.25) is 5.95 Å². The van der Waals surface area contributed by atoms with Gasteiger partial charge in [0.05, 0.1) is 27.1 Å². The van der Waals surface area contributed by atoms with E-state index < -0.39 is 0 Å². The fourth-order valence-corrected chi connectivity index (χ4v) is 9.02. The highest BCUT2D eigenvalue weighted by Gasteiger charge is 2.25. The fourth-order valence-electron chi connectivity index (χ4n) is 7.76. The summed E-state index contributed by atoms with van der Waals surface area (Å²) in [5.74, 6) is 0.667. The van der Waals surface area contributed by atoms with Crippen LogP contribution in [0, 0.1) is 6.92 Å². The molecule has 10 aromatic rings. The van der Waals surface area contributed by atoms with Gasteiger partial charge in [0, 0.05) is 37.4 Å². The Kier molecular flexibility index (Phi) is 6.11. The smallest absolute Gasteiger partial charge is 0.235 e. The van der Waals surface area contributed by atoms with Gasteiger partial charge in [-0.2, -0.15) is 0 Å². The predicted octanol–water partition coefficient (Wildman–Crippen LogP) is 12.5. The maximum atomic E-state index is 5.57. The molecule has 3 aromatic heterocycles. The van der Waals surface area contributed by atoms with Crippen LogP contribution in [-0.2, 0) is 0 Å². The number of hydrogen-bond acceptors (Lipinski definition) is 3. The number of nitrogens with zero attached hydrogens (tertiary/aromatic N) is 3. The van der Waals surface area contributed by atoms with Gasteiger partial charge in [-0.15, -0.1) is 11.3 Å². The quantitative estimate of drug-likeness (QED) is 0.191. The highest BCUT2D eigenvalue weighted by atomic mass is 32.1. The van der Waals surface area contributed by atoms with Crippen molar-refractivity contribution in [3.05, 3.63) is 157 Å². The molecule has 0 amide bonds. The Morgan fingerprint density at radius 1 is 0.633 bits per heavy atom. The molecule has 4 heteroatoms. The summed E-state index contributed by atoms with van der Waals surface area (Å²) in [6, 6.07) is 49.8. The minimum absolute atomic E-state index is 0.667. The van der Waals surface area contributed by atoms with Crippen molar-refractivity contribution in [1.29, 1.82) is 0 Å². The first-order chi connectivity index (χ1) is 24.2. The van der Waals surface area contributed by atoms with Gasteiger partial charge in [-0.25, -0.2) is 9.97 Å². The second-order valence-corrected chi connectivity index (χ2v) is 13.7. The first-order valence-electron chi connectivity index (χ1n) is 16.5. The van der Waals surface area contributed by atoms with Crippen LogP contribution in [0.25, 0.3) is 97.9 Å². The molecule has 230 valence electrons. The number of rotatable bonds is 4. The molecule has 0 fully saturated rings. The maximum Gasteiger partial charge on any atom is 0.235 e. The van der Waals surface area contributed by atoms with E-state index in [-0.39, 0.29) is 0 Å². The summed E-state index contributed by atoms with van der Waals surface area (Å²) in [6.07, 6.45) is 1.92. The van der Waals surface area contributed by atoms with Gasteiger partial charge in [-0.1, -0.05) is 134 Å². The summed E-state index contributed by atoms with van der Waals surface area (Å²) in [4.78, 5) is 10.9. The summed E-state index contributed by atoms with van der Waals surface area (Å²) >= 11 is 1.85. The zero-order valence-corrected chi connectivity index (χ0v) is 27.6. The number of para-hydroxylation sites is 1. The number of aromatic nitrogens is 3. The summed E-state index contributed by atoms with van der Waals surface area (Å²) < 4.78 is 4.84. The molecule has 0 spiro atoms. The number of thiophene rings is 1. The van der Waals surface area contributed by atoms with Crippen molar-refractivity contribution in [1.82, 2.24) is 14.5 Å². The Bertz CT molecular complexity index is 2980. The summed E-state index contributed by atoms with van der Waals surface area (Å²) in [7, 11) is 0. The van der Waals surface area contributed by atoms with Gasteiger partial charge >= 0.3 is 0 Å². The highest BCUT2D eigenvalue weighted by Crippen LogP contribution is 2.48. The van der Waals surface area contributed by atoms with Crippen LogP contribution >= 0.6 is 11.3 Å². The Morgan fingerprint density at radius 2 is 1.31 bits per heavy atom. The minimum Gasteiger partial charge on any atom is -0.276 e. The van der Waals surface area contributed by atoms with Gasteiger partial charge in [0.1, 0.15) is 0 Å². The summed E-state index contributed by atoms with van der Waals surface area (Å²) in [5, 5.41) is 9.89. The van der Waals surface area contributed by atoms with Crippen LogP contribution in [-0.4, -0.2) is 14.5 Å². The van der Waals surface area contributed by atoms with E-state index >= 15 is 0 Å². The third kappa shape index (κ3) is 4.08. The molecule has 3 heterocycles. The van der Waals surface area contributed by atoms with Crippen molar-refractivity contribution in [2.24, 2.45) is 0 Å². The Balaban J connectivity index is 1.39. The SMILES string of the molecule is C=Cc1ccccc1-c1c(C)nc(-n2c3ccccc3c3c4ccccc4c4c5ccccc5sc4c32)nc1-c1ccc2ccccc2c1.